The molecule has 3 amide bonds. The largest absolute Gasteiger partial charge is 0.454 e. The molecule has 2 fully saturated rings. The lowest BCUT2D eigenvalue weighted by atomic mass is 9.75. The monoisotopic (exact) mass is 439 g/mol. The maximum absolute atomic E-state index is 13.6. The van der Waals surface area contributed by atoms with Crippen LogP contribution in [-0.4, -0.2) is 53.7 Å². The number of benzene rings is 1. The Kier molecular flexibility index (Phi) is 5.84. The molecule has 7 heteroatoms. The molecule has 172 valence electrons. The fraction of sp³-hybridized carbons (Fsp3) is 0.600. The molecule has 0 aromatic heterocycles. The molecule has 2 saturated heterocycles. The predicted molar refractivity (Wildman–Crippen MR) is 120 cm³/mol. The second kappa shape index (κ2) is 8.77. The van der Waals surface area contributed by atoms with Crippen molar-refractivity contribution in [1.82, 2.24) is 15.1 Å². The van der Waals surface area contributed by atoms with Crippen LogP contribution in [0.25, 0.3) is 0 Å². The van der Waals surface area contributed by atoms with Crippen LogP contribution in [0.3, 0.4) is 0 Å². The molecule has 1 aromatic rings. The third-order valence-corrected chi connectivity index (χ3v) is 7.72. The third-order valence-electron chi connectivity index (χ3n) is 7.72. The molecule has 0 unspecified atom stereocenters. The van der Waals surface area contributed by atoms with Crippen molar-refractivity contribution in [2.24, 2.45) is 11.8 Å². The van der Waals surface area contributed by atoms with E-state index >= 15 is 0 Å². The zero-order valence-electron chi connectivity index (χ0n) is 18.8. The second-order valence-electron chi connectivity index (χ2n) is 9.56. The predicted octanol–water partition coefficient (Wildman–Crippen LogP) is 3.68. The molecule has 4 aliphatic rings. The summed E-state index contributed by atoms with van der Waals surface area (Å²) in [6, 6.07) is 5.29. The van der Waals surface area contributed by atoms with Crippen molar-refractivity contribution in [1.29, 1.82) is 0 Å². The Bertz CT molecular complexity index is 908. The van der Waals surface area contributed by atoms with Crippen LogP contribution in [0.4, 0.5) is 4.79 Å². The number of imide groups is 1. The molecule has 5 rings (SSSR count). The zero-order chi connectivity index (χ0) is 22.1. The van der Waals surface area contributed by atoms with Crippen molar-refractivity contribution < 1.29 is 19.1 Å². The van der Waals surface area contributed by atoms with E-state index in [-0.39, 0.29) is 31.2 Å². The molecule has 1 aromatic carbocycles. The first-order valence-corrected chi connectivity index (χ1v) is 12.0. The molecule has 0 saturated carbocycles. The van der Waals surface area contributed by atoms with Crippen LogP contribution in [0.1, 0.15) is 51.0 Å². The minimum absolute atomic E-state index is 0.0847. The number of piperidine rings is 1. The fourth-order valence-electron chi connectivity index (χ4n) is 5.81. The first-order valence-electron chi connectivity index (χ1n) is 12.0. The standard InChI is InChI=1S/C25H33N3O4/c1-2-25(20-10-12-27(13-11-20)15-18-6-4-3-5-7-18)23(29)28(24(30)26-25)16-19-8-9-21-22(14-19)32-17-31-21/h3-4,8-9,14,18,20H,2,5-7,10-13,15-17H2,1H3,(H,26,30)/t18-,25+/m0/s1. The van der Waals surface area contributed by atoms with E-state index in [1.807, 2.05) is 25.1 Å². The number of allylic oxidation sites excluding steroid dienone is 2. The topological polar surface area (TPSA) is 71.1 Å². The normalized spacial score (nSPS) is 28.4. The third kappa shape index (κ3) is 3.87. The first-order chi connectivity index (χ1) is 15.6. The number of amides is 3. The molecule has 0 spiro atoms. The number of hydrogen-bond acceptors (Lipinski definition) is 5. The quantitative estimate of drug-likeness (QED) is 0.541. The van der Waals surface area contributed by atoms with Gasteiger partial charge in [0.05, 0.1) is 6.54 Å². The summed E-state index contributed by atoms with van der Waals surface area (Å²) < 4.78 is 10.8. The summed E-state index contributed by atoms with van der Waals surface area (Å²) in [7, 11) is 0. The van der Waals surface area contributed by atoms with Gasteiger partial charge in [-0.1, -0.05) is 25.1 Å². The summed E-state index contributed by atoms with van der Waals surface area (Å²) in [5.41, 5.74) is 0.0774. The van der Waals surface area contributed by atoms with Gasteiger partial charge in [0.15, 0.2) is 11.5 Å². The molecule has 1 N–H and O–H groups in total. The summed E-state index contributed by atoms with van der Waals surface area (Å²) in [5, 5.41) is 3.11. The molecule has 1 aliphatic carbocycles. The average Bonchev–Trinajstić information content (AvgIpc) is 3.38. The molecule has 2 atom stereocenters. The number of nitrogens with zero attached hydrogens (tertiary/aromatic N) is 2. The van der Waals surface area contributed by atoms with Gasteiger partial charge in [0, 0.05) is 6.54 Å². The molecule has 0 bridgehead atoms. The minimum atomic E-state index is -0.785. The number of rotatable bonds is 6. The number of ether oxygens (including phenoxy) is 2. The van der Waals surface area contributed by atoms with Crippen molar-refractivity contribution in [2.75, 3.05) is 26.4 Å². The summed E-state index contributed by atoms with van der Waals surface area (Å²) >= 11 is 0. The summed E-state index contributed by atoms with van der Waals surface area (Å²) in [5.74, 6) is 2.20. The van der Waals surface area contributed by atoms with Gasteiger partial charge in [-0.25, -0.2) is 4.79 Å². The number of carbonyl (C=O) groups excluding carboxylic acids is 2. The highest BCUT2D eigenvalue weighted by Crippen LogP contribution is 2.38. The van der Waals surface area contributed by atoms with Gasteiger partial charge in [0.25, 0.3) is 5.91 Å². The van der Waals surface area contributed by atoms with Crippen LogP contribution in [-0.2, 0) is 11.3 Å². The van der Waals surface area contributed by atoms with Crippen molar-refractivity contribution in [2.45, 2.75) is 57.5 Å². The smallest absolute Gasteiger partial charge is 0.325 e. The molecule has 7 nitrogen and oxygen atoms in total. The lowest BCUT2D eigenvalue weighted by Gasteiger charge is -2.41. The van der Waals surface area contributed by atoms with Crippen LogP contribution in [0.2, 0.25) is 0 Å². The van der Waals surface area contributed by atoms with Gasteiger partial charge in [-0.2, -0.15) is 0 Å². The molecule has 3 aliphatic heterocycles. The Labute approximate surface area is 189 Å². The van der Waals surface area contributed by atoms with Crippen LogP contribution in [0.5, 0.6) is 11.5 Å². The fourth-order valence-corrected chi connectivity index (χ4v) is 5.81. The molecule has 3 heterocycles. The van der Waals surface area contributed by atoms with Crippen molar-refractivity contribution >= 4 is 11.9 Å². The lowest BCUT2D eigenvalue weighted by Crippen LogP contribution is -2.56. The lowest BCUT2D eigenvalue weighted by molar-refractivity contribution is -0.134. The molecular weight excluding hydrogens is 406 g/mol. The Balaban J connectivity index is 1.24. The van der Waals surface area contributed by atoms with E-state index in [2.05, 4.69) is 22.4 Å². The van der Waals surface area contributed by atoms with Gasteiger partial charge in [0.2, 0.25) is 6.79 Å². The van der Waals surface area contributed by atoms with E-state index in [9.17, 15) is 9.59 Å². The van der Waals surface area contributed by atoms with Crippen LogP contribution in [0.15, 0.2) is 30.4 Å². The van der Waals surface area contributed by atoms with Crippen molar-refractivity contribution in [3.63, 3.8) is 0 Å². The van der Waals surface area contributed by atoms with E-state index in [0.29, 0.717) is 17.9 Å². The number of nitrogens with one attached hydrogen (secondary N) is 1. The Hall–Kier alpha value is -2.54. The van der Waals surface area contributed by atoms with Crippen molar-refractivity contribution in [3.05, 3.63) is 35.9 Å². The van der Waals surface area contributed by atoms with Crippen molar-refractivity contribution in [3.8, 4) is 11.5 Å². The van der Waals surface area contributed by atoms with Gasteiger partial charge < -0.3 is 19.7 Å². The summed E-state index contributed by atoms with van der Waals surface area (Å²) in [6.45, 7) is 5.61. The molecule has 32 heavy (non-hydrogen) atoms. The summed E-state index contributed by atoms with van der Waals surface area (Å²) in [6.07, 6.45) is 10.8. The van der Waals surface area contributed by atoms with Gasteiger partial charge in [-0.15, -0.1) is 0 Å². The highest BCUT2D eigenvalue weighted by atomic mass is 16.7. The van der Waals surface area contributed by atoms with E-state index < -0.39 is 5.54 Å². The number of urea groups is 1. The van der Waals surface area contributed by atoms with Crippen LogP contribution < -0.4 is 14.8 Å². The van der Waals surface area contributed by atoms with Crippen LogP contribution in [0, 0.1) is 11.8 Å². The molecular formula is C25H33N3O4. The highest BCUT2D eigenvalue weighted by Gasteiger charge is 2.54. The number of carbonyl (C=O) groups is 2. The Morgan fingerprint density at radius 2 is 1.91 bits per heavy atom. The number of likely N-dealkylation sites (tertiary alicyclic amines) is 1. The van der Waals surface area contributed by atoms with E-state index in [1.165, 1.54) is 24.2 Å². The summed E-state index contributed by atoms with van der Waals surface area (Å²) in [4.78, 5) is 30.4. The second-order valence-corrected chi connectivity index (χ2v) is 9.56. The molecule has 0 radical (unpaired) electrons. The van der Waals surface area contributed by atoms with E-state index in [0.717, 1.165) is 44.0 Å². The van der Waals surface area contributed by atoms with Gasteiger partial charge in [-0.05, 0) is 81.1 Å². The minimum Gasteiger partial charge on any atom is -0.454 e. The zero-order valence-corrected chi connectivity index (χ0v) is 18.8. The highest BCUT2D eigenvalue weighted by molar-refractivity contribution is 6.07. The maximum atomic E-state index is 13.6. The Morgan fingerprint density at radius 1 is 1.09 bits per heavy atom. The average molecular weight is 440 g/mol. The van der Waals surface area contributed by atoms with E-state index in [4.69, 9.17) is 9.47 Å². The maximum Gasteiger partial charge on any atom is 0.325 e. The van der Waals surface area contributed by atoms with Gasteiger partial charge in [0.1, 0.15) is 5.54 Å². The van der Waals surface area contributed by atoms with E-state index in [1.54, 1.807) is 0 Å². The van der Waals surface area contributed by atoms with Gasteiger partial charge >= 0.3 is 6.03 Å². The first kappa shape index (κ1) is 21.3. The SMILES string of the molecule is CC[C@]1(C2CCN(C[C@H]3CC=CCC3)CC2)NC(=O)N(Cc2ccc3c(c2)OCO3)C1=O. The Morgan fingerprint density at radius 3 is 2.66 bits per heavy atom. The van der Waals surface area contributed by atoms with Gasteiger partial charge in [-0.3, -0.25) is 9.69 Å². The van der Waals surface area contributed by atoms with Crippen LogP contribution >= 0.6 is 0 Å². The number of fused-ring (bicyclic) bond motifs is 1. The number of hydrogen-bond donors (Lipinski definition) is 1.